The van der Waals surface area contributed by atoms with Crippen LogP contribution in [0.15, 0.2) is 89.4 Å². The predicted molar refractivity (Wildman–Crippen MR) is 154 cm³/mol. The van der Waals surface area contributed by atoms with Gasteiger partial charge in [-0.05, 0) is 75.2 Å². The largest absolute Gasteiger partial charge is 0.341 e. The number of Topliss-reactive ketones (excluding diaryl/α,β-unsaturated/α-hetero) is 2. The zero-order valence-electron chi connectivity index (χ0n) is 21.2. The number of ketones is 2. The van der Waals surface area contributed by atoms with Gasteiger partial charge in [0.2, 0.25) is 5.78 Å². The van der Waals surface area contributed by atoms with Crippen molar-refractivity contribution < 1.29 is 9.59 Å². The first-order chi connectivity index (χ1) is 18.0. The highest BCUT2D eigenvalue weighted by atomic mass is 32.2. The van der Waals surface area contributed by atoms with E-state index in [-0.39, 0.29) is 17.3 Å². The highest BCUT2D eigenvalue weighted by Gasteiger charge is 2.18. The summed E-state index contributed by atoms with van der Waals surface area (Å²) in [5, 5.41) is 10.3. The Morgan fingerprint density at radius 2 is 1.59 bits per heavy atom. The number of nitrogens with zero attached hydrogens (tertiary/aromatic N) is 1. The molecule has 0 spiro atoms. The monoisotopic (exact) mass is 506 g/mol. The summed E-state index contributed by atoms with van der Waals surface area (Å²) in [4.78, 5) is 27.4. The fourth-order valence-corrected chi connectivity index (χ4v) is 5.74. The van der Waals surface area contributed by atoms with Crippen molar-refractivity contribution in [2.24, 2.45) is 0 Å². The molecule has 0 saturated carbocycles. The fourth-order valence-electron chi connectivity index (χ4n) is 4.87. The van der Waals surface area contributed by atoms with E-state index in [2.05, 4.69) is 42.7 Å². The number of benzene rings is 3. The van der Waals surface area contributed by atoms with Gasteiger partial charge in [-0.3, -0.25) is 9.59 Å². The Kier molecular flexibility index (Phi) is 7.24. The molecular formula is C32H30N2O2S. The molecule has 186 valence electrons. The molecule has 0 radical (unpaired) electrons. The minimum absolute atomic E-state index is 0.0235. The van der Waals surface area contributed by atoms with Crippen LogP contribution < -0.4 is 0 Å². The van der Waals surface area contributed by atoms with Crippen LogP contribution in [0.1, 0.15) is 52.5 Å². The van der Waals surface area contributed by atoms with Crippen molar-refractivity contribution in [3.63, 3.8) is 0 Å². The van der Waals surface area contributed by atoms with Crippen molar-refractivity contribution in [1.82, 2.24) is 4.57 Å². The third kappa shape index (κ3) is 5.09. The maximum Gasteiger partial charge on any atom is 0.206 e. The molecule has 37 heavy (non-hydrogen) atoms. The van der Waals surface area contributed by atoms with Crippen molar-refractivity contribution in [1.29, 1.82) is 5.41 Å². The van der Waals surface area contributed by atoms with Gasteiger partial charge >= 0.3 is 0 Å². The SMILES string of the molecule is CCn1c2ccc(C(=O)C(=N)CCSc3ccc(C)cc3)cc2c2cc(C(=O)C3=CCCC=C3)ccc21. The van der Waals surface area contributed by atoms with Crippen molar-refractivity contribution in [2.75, 3.05) is 5.75 Å². The molecule has 0 amide bonds. The maximum atomic E-state index is 13.2. The number of fused-ring (bicyclic) bond motifs is 3. The van der Waals surface area contributed by atoms with Crippen LogP contribution >= 0.6 is 11.8 Å². The molecule has 0 atom stereocenters. The molecule has 0 unspecified atom stereocenters. The average Bonchev–Trinajstić information content (AvgIpc) is 3.25. The molecule has 0 aliphatic heterocycles. The van der Waals surface area contributed by atoms with Crippen LogP contribution in [0.5, 0.6) is 0 Å². The molecule has 1 aliphatic carbocycles. The Bertz CT molecular complexity index is 1590. The Hall–Kier alpha value is -3.70. The van der Waals surface area contributed by atoms with E-state index in [1.165, 1.54) is 5.56 Å². The summed E-state index contributed by atoms with van der Waals surface area (Å²) in [5.74, 6) is 0.463. The van der Waals surface area contributed by atoms with E-state index in [0.29, 0.717) is 23.3 Å². The topological polar surface area (TPSA) is 62.9 Å². The number of carbonyl (C=O) groups excluding carboxylic acids is 2. The zero-order chi connectivity index (χ0) is 25.9. The quantitative estimate of drug-likeness (QED) is 0.142. The Morgan fingerprint density at radius 3 is 2.24 bits per heavy atom. The molecule has 0 fully saturated rings. The molecule has 1 aliphatic rings. The second-order valence-electron chi connectivity index (χ2n) is 9.40. The van der Waals surface area contributed by atoms with Crippen molar-refractivity contribution in [3.05, 3.63) is 101 Å². The number of aromatic nitrogens is 1. The van der Waals surface area contributed by atoms with Gasteiger partial charge in [0.1, 0.15) is 0 Å². The van der Waals surface area contributed by atoms with Crippen LogP contribution in [0.4, 0.5) is 0 Å². The predicted octanol–water partition coefficient (Wildman–Crippen LogP) is 7.97. The second kappa shape index (κ2) is 10.7. The van der Waals surface area contributed by atoms with Crippen molar-refractivity contribution in [2.45, 2.75) is 44.6 Å². The molecule has 4 nitrogen and oxygen atoms in total. The van der Waals surface area contributed by atoms with Crippen molar-refractivity contribution in [3.8, 4) is 0 Å². The number of nitrogens with one attached hydrogen (secondary N) is 1. The van der Waals surface area contributed by atoms with Gasteiger partial charge in [-0.25, -0.2) is 0 Å². The molecular weight excluding hydrogens is 476 g/mol. The Balaban J connectivity index is 1.42. The minimum atomic E-state index is -0.242. The number of hydrogen-bond donors (Lipinski definition) is 1. The van der Waals surface area contributed by atoms with E-state index in [1.807, 2.05) is 54.6 Å². The van der Waals surface area contributed by atoms with Crippen molar-refractivity contribution >= 4 is 50.8 Å². The van der Waals surface area contributed by atoms with Gasteiger partial charge in [0.25, 0.3) is 0 Å². The van der Waals surface area contributed by atoms with Crippen LogP contribution in [-0.2, 0) is 6.54 Å². The van der Waals surface area contributed by atoms with Gasteiger partial charge in [-0.2, -0.15) is 0 Å². The highest BCUT2D eigenvalue weighted by Crippen LogP contribution is 2.32. The second-order valence-corrected chi connectivity index (χ2v) is 10.6. The van der Waals surface area contributed by atoms with Crippen LogP contribution in [-0.4, -0.2) is 27.6 Å². The smallest absolute Gasteiger partial charge is 0.206 e. The Labute approximate surface area is 221 Å². The van der Waals surface area contributed by atoms with E-state index in [1.54, 1.807) is 11.8 Å². The summed E-state index contributed by atoms with van der Waals surface area (Å²) in [5.41, 5.74) is 5.29. The molecule has 3 aromatic carbocycles. The highest BCUT2D eigenvalue weighted by molar-refractivity contribution is 7.99. The number of rotatable bonds is 9. The third-order valence-electron chi connectivity index (χ3n) is 6.88. The lowest BCUT2D eigenvalue weighted by Crippen LogP contribution is -2.14. The normalized spacial score (nSPS) is 13.2. The maximum absolute atomic E-state index is 13.2. The first kappa shape index (κ1) is 25.0. The van der Waals surface area contributed by atoms with Gasteiger partial charge in [0, 0.05) is 62.1 Å². The van der Waals surface area contributed by atoms with Gasteiger partial charge in [0.15, 0.2) is 5.78 Å². The molecule has 1 aromatic heterocycles. The molecule has 0 saturated heterocycles. The van der Waals surface area contributed by atoms with Crippen LogP contribution in [0.2, 0.25) is 0 Å². The molecule has 4 aromatic rings. The van der Waals surface area contributed by atoms with E-state index < -0.39 is 0 Å². The van der Waals surface area contributed by atoms with Gasteiger partial charge < -0.3 is 9.98 Å². The molecule has 5 heteroatoms. The van der Waals surface area contributed by atoms with E-state index in [4.69, 9.17) is 5.41 Å². The standard InChI is InChI=1S/C32H30N2O2S/c1-3-34-29-15-11-23(31(35)22-7-5-4-6-8-22)19-26(29)27-20-24(12-16-30(27)34)32(36)28(33)17-18-37-25-13-9-21(2)10-14-25/h5,7-16,19-20,33H,3-4,6,17-18H2,1-2H3. The number of thioether (sulfide) groups is 1. The summed E-state index contributed by atoms with van der Waals surface area (Å²) < 4.78 is 2.20. The van der Waals surface area contributed by atoms with E-state index in [9.17, 15) is 9.59 Å². The lowest BCUT2D eigenvalue weighted by atomic mass is 9.96. The summed E-state index contributed by atoms with van der Waals surface area (Å²) in [7, 11) is 0. The van der Waals surface area contributed by atoms with E-state index in [0.717, 1.165) is 51.7 Å². The summed E-state index contributed by atoms with van der Waals surface area (Å²) in [6.45, 7) is 4.93. The first-order valence-corrected chi connectivity index (χ1v) is 13.7. The summed E-state index contributed by atoms with van der Waals surface area (Å²) in [6, 6.07) is 19.8. The van der Waals surface area contributed by atoms with Gasteiger partial charge in [0.05, 0.1) is 5.71 Å². The number of allylic oxidation sites excluding steroid dienone is 4. The molecule has 1 N–H and O–H groups in total. The lowest BCUT2D eigenvalue weighted by molar-refractivity contribution is 0.103. The Morgan fingerprint density at radius 1 is 0.919 bits per heavy atom. The lowest BCUT2D eigenvalue weighted by Gasteiger charge is -2.07. The van der Waals surface area contributed by atoms with Crippen LogP contribution in [0.25, 0.3) is 21.8 Å². The number of hydrogen-bond acceptors (Lipinski definition) is 4. The zero-order valence-corrected chi connectivity index (χ0v) is 22.0. The summed E-state index contributed by atoms with van der Waals surface area (Å²) >= 11 is 1.66. The summed E-state index contributed by atoms with van der Waals surface area (Å²) in [6.07, 6.45) is 8.21. The number of aryl methyl sites for hydroxylation is 2. The first-order valence-electron chi connectivity index (χ1n) is 12.7. The van der Waals surface area contributed by atoms with E-state index >= 15 is 0 Å². The molecule has 5 rings (SSSR count). The fraction of sp³-hybridized carbons (Fsp3) is 0.219. The number of carbonyl (C=O) groups is 2. The van der Waals surface area contributed by atoms with Gasteiger partial charge in [-0.15, -0.1) is 11.8 Å². The molecule has 1 heterocycles. The molecule has 0 bridgehead atoms. The average molecular weight is 507 g/mol. The van der Waals surface area contributed by atoms with Crippen LogP contribution in [0.3, 0.4) is 0 Å². The van der Waals surface area contributed by atoms with Crippen LogP contribution in [0, 0.1) is 12.3 Å². The third-order valence-corrected chi connectivity index (χ3v) is 7.89. The van der Waals surface area contributed by atoms with Gasteiger partial charge in [-0.1, -0.05) is 35.9 Å². The minimum Gasteiger partial charge on any atom is -0.341 e.